The van der Waals surface area contributed by atoms with Gasteiger partial charge in [-0.25, -0.2) is 0 Å². The Kier molecular flexibility index (Phi) is 4.71. The molecule has 3 aliphatic rings. The summed E-state index contributed by atoms with van der Waals surface area (Å²) < 4.78 is 0. The van der Waals surface area contributed by atoms with Crippen molar-refractivity contribution in [3.8, 4) is 0 Å². The van der Waals surface area contributed by atoms with Crippen LogP contribution < -0.4 is 0 Å². The Balaban J connectivity index is 1.58. The van der Waals surface area contributed by atoms with Crippen LogP contribution in [0.25, 0.3) is 0 Å². The van der Waals surface area contributed by atoms with Crippen molar-refractivity contribution in [1.29, 1.82) is 0 Å². The van der Waals surface area contributed by atoms with Crippen molar-refractivity contribution in [3.63, 3.8) is 0 Å². The maximum absolute atomic E-state index is 12.6. The molecule has 124 valence electrons. The van der Waals surface area contributed by atoms with Gasteiger partial charge in [-0.15, -0.1) is 0 Å². The summed E-state index contributed by atoms with van der Waals surface area (Å²) in [6, 6.07) is 0. The maximum atomic E-state index is 12.6. The fourth-order valence-electron chi connectivity index (χ4n) is 4.01. The van der Waals surface area contributed by atoms with E-state index in [1.54, 1.807) is 4.90 Å². The van der Waals surface area contributed by atoms with Crippen LogP contribution in [0.3, 0.4) is 0 Å². The first-order valence-electron chi connectivity index (χ1n) is 8.78. The molecule has 5 nitrogen and oxygen atoms in total. The van der Waals surface area contributed by atoms with Gasteiger partial charge in [0, 0.05) is 31.5 Å². The van der Waals surface area contributed by atoms with Crippen molar-refractivity contribution in [2.24, 2.45) is 11.3 Å². The zero-order valence-corrected chi connectivity index (χ0v) is 13.4. The molecule has 1 saturated carbocycles. The minimum Gasteiger partial charge on any atom is -0.396 e. The molecule has 0 unspecified atom stereocenters. The van der Waals surface area contributed by atoms with Gasteiger partial charge in [-0.05, 0) is 38.0 Å². The van der Waals surface area contributed by atoms with Crippen molar-refractivity contribution in [2.45, 2.75) is 51.4 Å². The lowest BCUT2D eigenvalue weighted by molar-refractivity contribution is -0.144. The second-order valence-corrected chi connectivity index (χ2v) is 7.50. The van der Waals surface area contributed by atoms with Gasteiger partial charge in [0.2, 0.25) is 11.8 Å². The molecule has 2 saturated heterocycles. The summed E-state index contributed by atoms with van der Waals surface area (Å²) in [5.41, 5.74) is -0.0962. The Morgan fingerprint density at radius 2 is 2.05 bits per heavy atom. The van der Waals surface area contributed by atoms with Gasteiger partial charge >= 0.3 is 0 Å². The highest BCUT2D eigenvalue weighted by atomic mass is 16.3. The quantitative estimate of drug-likeness (QED) is 0.835. The number of carbonyl (C=O) groups excluding carboxylic acids is 2. The number of likely N-dealkylation sites (tertiary alicyclic amines) is 2. The molecule has 2 amide bonds. The van der Waals surface area contributed by atoms with Gasteiger partial charge in [0.25, 0.3) is 0 Å². The van der Waals surface area contributed by atoms with E-state index in [9.17, 15) is 14.7 Å². The second-order valence-electron chi connectivity index (χ2n) is 7.50. The molecule has 1 aliphatic carbocycles. The second kappa shape index (κ2) is 6.57. The number of aliphatic hydroxyl groups is 1. The first-order chi connectivity index (χ1) is 10.6. The number of piperidine rings is 2. The van der Waals surface area contributed by atoms with Crippen LogP contribution in [0.1, 0.15) is 51.4 Å². The molecule has 0 aromatic carbocycles. The fourth-order valence-corrected chi connectivity index (χ4v) is 4.01. The largest absolute Gasteiger partial charge is 0.396 e. The Morgan fingerprint density at radius 3 is 2.73 bits per heavy atom. The summed E-state index contributed by atoms with van der Waals surface area (Å²) in [5, 5.41) is 9.88. The Hall–Kier alpha value is -1.10. The van der Waals surface area contributed by atoms with Gasteiger partial charge in [-0.3, -0.25) is 9.59 Å². The van der Waals surface area contributed by atoms with E-state index in [0.29, 0.717) is 19.5 Å². The third-order valence-corrected chi connectivity index (χ3v) is 5.52. The fraction of sp³-hybridized carbons (Fsp3) is 0.882. The molecular weight excluding hydrogens is 280 g/mol. The molecule has 0 aromatic heterocycles. The summed E-state index contributed by atoms with van der Waals surface area (Å²) >= 11 is 0. The maximum Gasteiger partial charge on any atom is 0.242 e. The highest BCUT2D eigenvalue weighted by Gasteiger charge is 2.41. The van der Waals surface area contributed by atoms with E-state index in [0.717, 1.165) is 44.6 Å². The highest BCUT2D eigenvalue weighted by Crippen LogP contribution is 2.44. The normalized spacial score (nSPS) is 29.8. The van der Waals surface area contributed by atoms with Crippen LogP contribution in [0.2, 0.25) is 0 Å². The van der Waals surface area contributed by atoms with E-state index in [2.05, 4.69) is 0 Å². The minimum absolute atomic E-state index is 0.0589. The lowest BCUT2D eigenvalue weighted by atomic mass is 9.76. The third-order valence-electron chi connectivity index (χ3n) is 5.52. The van der Waals surface area contributed by atoms with Crippen LogP contribution in [0.15, 0.2) is 0 Å². The predicted octanol–water partition coefficient (Wildman–Crippen LogP) is 1.40. The van der Waals surface area contributed by atoms with Gasteiger partial charge in [-0.2, -0.15) is 0 Å². The lowest BCUT2D eigenvalue weighted by Gasteiger charge is -2.42. The zero-order valence-electron chi connectivity index (χ0n) is 13.4. The van der Waals surface area contributed by atoms with Crippen LogP contribution in [-0.2, 0) is 9.59 Å². The Bertz CT molecular complexity index is 436. The molecule has 0 bridgehead atoms. The number of hydrogen-bond donors (Lipinski definition) is 1. The van der Waals surface area contributed by atoms with Crippen LogP contribution in [0.4, 0.5) is 0 Å². The topological polar surface area (TPSA) is 60.9 Å². The van der Waals surface area contributed by atoms with Gasteiger partial charge in [0.1, 0.15) is 0 Å². The minimum atomic E-state index is -0.0962. The number of carbonyl (C=O) groups is 2. The molecule has 0 radical (unpaired) electrons. The first-order valence-corrected chi connectivity index (χ1v) is 8.78. The number of nitrogens with zero attached hydrogens (tertiary/aromatic N) is 2. The zero-order chi connectivity index (χ0) is 15.6. The van der Waals surface area contributed by atoms with E-state index in [1.807, 2.05) is 4.90 Å². The van der Waals surface area contributed by atoms with Gasteiger partial charge in [0.15, 0.2) is 0 Å². The molecule has 2 heterocycles. The molecule has 22 heavy (non-hydrogen) atoms. The van der Waals surface area contributed by atoms with Crippen molar-refractivity contribution in [2.75, 3.05) is 32.8 Å². The number of rotatable bonds is 5. The molecule has 3 rings (SSSR count). The molecule has 5 heteroatoms. The highest BCUT2D eigenvalue weighted by molar-refractivity contribution is 5.85. The summed E-state index contributed by atoms with van der Waals surface area (Å²) in [6.45, 7) is 2.56. The average molecular weight is 308 g/mol. The molecular formula is C17H28N2O3. The summed E-state index contributed by atoms with van der Waals surface area (Å²) in [5.74, 6) is 0.928. The van der Waals surface area contributed by atoms with E-state index < -0.39 is 0 Å². The van der Waals surface area contributed by atoms with E-state index in [4.69, 9.17) is 0 Å². The average Bonchev–Trinajstić information content (AvgIpc) is 3.33. The monoisotopic (exact) mass is 308 g/mol. The first kappa shape index (κ1) is 15.8. The predicted molar refractivity (Wildman–Crippen MR) is 83.1 cm³/mol. The van der Waals surface area contributed by atoms with Crippen molar-refractivity contribution >= 4 is 11.8 Å². The molecule has 0 spiro atoms. The summed E-state index contributed by atoms with van der Waals surface area (Å²) in [6.07, 6.45) is 8.12. The van der Waals surface area contributed by atoms with Crippen LogP contribution >= 0.6 is 0 Å². The number of hydrogen-bond acceptors (Lipinski definition) is 3. The Morgan fingerprint density at radius 1 is 1.23 bits per heavy atom. The summed E-state index contributed by atoms with van der Waals surface area (Å²) in [7, 11) is 0. The van der Waals surface area contributed by atoms with E-state index >= 15 is 0 Å². The van der Waals surface area contributed by atoms with Crippen LogP contribution in [0, 0.1) is 11.3 Å². The standard InChI is InChI=1S/C17H28N2O3/c20-13-17(10-14-5-6-14)7-3-9-19(12-17)16(22)11-18-8-2-1-4-15(18)21/h14,20H,1-13H2/t17-/m1/s1. The van der Waals surface area contributed by atoms with E-state index in [1.165, 1.54) is 12.8 Å². The van der Waals surface area contributed by atoms with Crippen LogP contribution in [0.5, 0.6) is 0 Å². The Labute approximate surface area is 132 Å². The number of amides is 2. The van der Waals surface area contributed by atoms with Gasteiger partial charge in [-0.1, -0.05) is 12.8 Å². The van der Waals surface area contributed by atoms with Crippen molar-refractivity contribution in [1.82, 2.24) is 9.80 Å². The molecule has 3 fully saturated rings. The molecule has 0 aromatic rings. The SMILES string of the molecule is O=C1CCCCN1CC(=O)N1CCC[C@@](CO)(CC2CC2)C1. The van der Waals surface area contributed by atoms with Gasteiger partial charge < -0.3 is 14.9 Å². The smallest absolute Gasteiger partial charge is 0.242 e. The van der Waals surface area contributed by atoms with Crippen LogP contribution in [-0.4, -0.2) is 59.5 Å². The van der Waals surface area contributed by atoms with Crippen molar-refractivity contribution in [3.05, 3.63) is 0 Å². The third kappa shape index (κ3) is 3.62. The van der Waals surface area contributed by atoms with Crippen molar-refractivity contribution < 1.29 is 14.7 Å². The lowest BCUT2D eigenvalue weighted by Crippen LogP contribution is -2.51. The molecule has 1 atom stereocenters. The molecule has 1 N–H and O–H groups in total. The van der Waals surface area contributed by atoms with Gasteiger partial charge in [0.05, 0.1) is 13.2 Å². The molecule has 2 aliphatic heterocycles. The summed E-state index contributed by atoms with van der Waals surface area (Å²) in [4.78, 5) is 28.0. The number of aliphatic hydroxyl groups excluding tert-OH is 1. The van der Waals surface area contributed by atoms with E-state index in [-0.39, 0.29) is 30.4 Å².